The summed E-state index contributed by atoms with van der Waals surface area (Å²) in [7, 11) is 0.472. The lowest BCUT2D eigenvalue weighted by Gasteiger charge is -2.38. The number of carbonyl (C=O) groups excluding carboxylic acids is 3. The molecule has 12 nitrogen and oxygen atoms in total. The third-order valence-electron chi connectivity index (χ3n) is 14.0. The van der Waals surface area contributed by atoms with Gasteiger partial charge in [-0.2, -0.15) is 12.7 Å². The standard InChI is InChI=1S/C43H56N6O6S/c1-45(2)56(53,54)44-40(50)31-13-15-36-37(21-31)49-27-43(41(51)47-23-28-11-12-29(24-47)26-48(25-28)42(52)46-17-7-8-18-46)22-33(43)19-32-20-34(55-3)14-16-35(32)39(49)38(36)30-9-5-4-6-10-30/h13-16,20-21,28-30,33H,4-12,17-19,22-27H2,1-3H3,(H,44,50)/t28-,29+,33-,43+/m1/s1. The number of methoxy groups -OCH3 is 1. The van der Waals surface area contributed by atoms with Crippen LogP contribution in [0.15, 0.2) is 36.4 Å². The minimum atomic E-state index is -4.00. The number of urea groups is 1. The number of ether oxygens (including phenoxy) is 1. The quantitative estimate of drug-likeness (QED) is 0.335. The van der Waals surface area contributed by atoms with Crippen molar-refractivity contribution in [3.05, 3.63) is 53.1 Å². The summed E-state index contributed by atoms with van der Waals surface area (Å²) in [6, 6.07) is 12.1. The molecule has 13 heteroatoms. The number of hydrogen-bond acceptors (Lipinski definition) is 6. The van der Waals surface area contributed by atoms with Crippen LogP contribution in [0.4, 0.5) is 4.79 Å². The normalized spacial score (nSPS) is 26.5. The molecule has 6 aliphatic rings. The van der Waals surface area contributed by atoms with Gasteiger partial charge in [0.15, 0.2) is 0 Å². The average molecular weight is 785 g/mol. The summed E-state index contributed by atoms with van der Waals surface area (Å²) in [6.07, 6.45) is 11.4. The lowest BCUT2D eigenvalue weighted by molar-refractivity contribution is -0.139. The number of nitrogens with one attached hydrogen (secondary N) is 1. The number of likely N-dealkylation sites (tertiary alicyclic amines) is 3. The Bertz CT molecular complexity index is 2160. The number of amides is 4. The van der Waals surface area contributed by atoms with E-state index in [9.17, 15) is 18.0 Å². The van der Waals surface area contributed by atoms with Crippen LogP contribution in [-0.4, -0.2) is 110 Å². The molecule has 5 heterocycles. The average Bonchev–Trinajstić information content (AvgIpc) is 3.57. The maximum absolute atomic E-state index is 15.3. The molecule has 4 aliphatic heterocycles. The predicted molar refractivity (Wildman–Crippen MR) is 215 cm³/mol. The summed E-state index contributed by atoms with van der Waals surface area (Å²) in [5.41, 5.74) is 5.20. The van der Waals surface area contributed by atoms with E-state index in [1.54, 1.807) is 13.2 Å². The largest absolute Gasteiger partial charge is 0.497 e. The predicted octanol–water partition coefficient (Wildman–Crippen LogP) is 5.85. The van der Waals surface area contributed by atoms with Gasteiger partial charge in [-0.15, -0.1) is 0 Å². The maximum atomic E-state index is 15.3. The van der Waals surface area contributed by atoms with Crippen LogP contribution in [0.1, 0.15) is 91.6 Å². The van der Waals surface area contributed by atoms with Gasteiger partial charge >= 0.3 is 16.2 Å². The Morgan fingerprint density at radius 3 is 2.21 bits per heavy atom. The molecular weight excluding hydrogens is 729 g/mol. The highest BCUT2D eigenvalue weighted by molar-refractivity contribution is 7.87. The zero-order chi connectivity index (χ0) is 38.9. The van der Waals surface area contributed by atoms with Gasteiger partial charge in [0, 0.05) is 81.9 Å². The highest BCUT2D eigenvalue weighted by Crippen LogP contribution is 2.60. The van der Waals surface area contributed by atoms with Crippen molar-refractivity contribution in [3.63, 3.8) is 0 Å². The van der Waals surface area contributed by atoms with Gasteiger partial charge in [-0.05, 0) is 116 Å². The van der Waals surface area contributed by atoms with E-state index < -0.39 is 21.5 Å². The number of fused-ring (bicyclic) bond motifs is 9. The Morgan fingerprint density at radius 1 is 0.839 bits per heavy atom. The van der Waals surface area contributed by atoms with Crippen molar-refractivity contribution in [2.45, 2.75) is 83.1 Å². The minimum absolute atomic E-state index is 0.137. The van der Waals surface area contributed by atoms with Crippen molar-refractivity contribution in [2.75, 3.05) is 60.5 Å². The molecule has 2 bridgehead atoms. The summed E-state index contributed by atoms with van der Waals surface area (Å²) in [5.74, 6) is 1.26. The van der Waals surface area contributed by atoms with Crippen molar-refractivity contribution >= 4 is 39.0 Å². The molecule has 3 saturated heterocycles. The van der Waals surface area contributed by atoms with Gasteiger partial charge in [-0.1, -0.05) is 25.3 Å². The molecule has 3 aromatic rings. The summed E-state index contributed by atoms with van der Waals surface area (Å²) in [4.78, 5) is 48.7. The van der Waals surface area contributed by atoms with E-state index in [0.29, 0.717) is 38.6 Å². The first kappa shape index (κ1) is 37.5. The second-order valence-corrected chi connectivity index (χ2v) is 19.7. The number of nitrogens with zero attached hydrogens (tertiary/aromatic N) is 5. The number of rotatable bonds is 6. The van der Waals surface area contributed by atoms with E-state index in [0.717, 1.165) is 110 Å². The van der Waals surface area contributed by atoms with Crippen LogP contribution in [0.5, 0.6) is 5.75 Å². The van der Waals surface area contributed by atoms with E-state index in [4.69, 9.17) is 4.74 Å². The van der Waals surface area contributed by atoms with E-state index in [1.165, 1.54) is 31.6 Å². The second kappa shape index (κ2) is 14.4. The fourth-order valence-electron chi connectivity index (χ4n) is 11.0. The lowest BCUT2D eigenvalue weighted by atomic mass is 9.80. The molecule has 0 spiro atoms. The smallest absolute Gasteiger partial charge is 0.320 e. The molecule has 2 saturated carbocycles. The fraction of sp³-hybridized carbons (Fsp3) is 0.605. The van der Waals surface area contributed by atoms with Gasteiger partial charge < -0.3 is 24.0 Å². The monoisotopic (exact) mass is 784 g/mol. The van der Waals surface area contributed by atoms with E-state index in [2.05, 4.69) is 31.2 Å². The van der Waals surface area contributed by atoms with Gasteiger partial charge in [0.05, 0.1) is 18.2 Å². The van der Waals surface area contributed by atoms with Crippen LogP contribution in [0.3, 0.4) is 0 Å². The Balaban J connectivity index is 1.13. The maximum Gasteiger partial charge on any atom is 0.320 e. The zero-order valence-corrected chi connectivity index (χ0v) is 33.9. The molecule has 4 amide bonds. The summed E-state index contributed by atoms with van der Waals surface area (Å²) in [6.45, 7) is 4.90. The summed E-state index contributed by atoms with van der Waals surface area (Å²) in [5, 5.41) is 1.06. The number of carbonyl (C=O) groups is 3. The van der Waals surface area contributed by atoms with Crippen LogP contribution in [0, 0.1) is 23.2 Å². The number of aromatic nitrogens is 1. The first-order valence-corrected chi connectivity index (χ1v) is 22.3. The van der Waals surface area contributed by atoms with E-state index in [1.807, 2.05) is 23.1 Å². The number of benzene rings is 2. The first-order valence-electron chi connectivity index (χ1n) is 20.9. The van der Waals surface area contributed by atoms with E-state index in [-0.39, 0.29) is 35.3 Å². The van der Waals surface area contributed by atoms with Crippen LogP contribution < -0.4 is 9.46 Å². The molecule has 300 valence electrons. The van der Waals surface area contributed by atoms with Crippen LogP contribution >= 0.6 is 0 Å². The molecule has 2 aliphatic carbocycles. The van der Waals surface area contributed by atoms with Crippen molar-refractivity contribution in [3.8, 4) is 17.0 Å². The summed E-state index contributed by atoms with van der Waals surface area (Å²) < 4.78 is 36.8. The van der Waals surface area contributed by atoms with Crippen LogP contribution in [0.2, 0.25) is 0 Å². The van der Waals surface area contributed by atoms with Crippen molar-refractivity contribution in [2.24, 2.45) is 23.2 Å². The second-order valence-electron chi connectivity index (χ2n) is 17.8. The molecule has 9 rings (SSSR count). The molecule has 0 radical (unpaired) electrons. The molecule has 4 atom stereocenters. The molecule has 0 unspecified atom stereocenters. The molecule has 1 aromatic heterocycles. The highest BCUT2D eigenvalue weighted by Gasteiger charge is 2.62. The molecule has 2 aromatic carbocycles. The Morgan fingerprint density at radius 2 is 1.54 bits per heavy atom. The molecule has 5 fully saturated rings. The SMILES string of the molecule is COc1ccc2c(c1)C[C@@H]1C[C@]1(C(=O)N1C[C@@H]3CC[C@@H](CN(C(=O)N4CCCC4)C3)C1)Cn1c-2c(C2CCCCC2)c2ccc(C(=O)NS(=O)(=O)N(C)C)cc21. The van der Waals surface area contributed by atoms with Gasteiger partial charge in [0.2, 0.25) is 5.91 Å². The van der Waals surface area contributed by atoms with E-state index >= 15 is 4.79 Å². The summed E-state index contributed by atoms with van der Waals surface area (Å²) >= 11 is 0. The Kier molecular flexibility index (Phi) is 9.62. The van der Waals surface area contributed by atoms with Crippen LogP contribution in [0.25, 0.3) is 22.2 Å². The first-order chi connectivity index (χ1) is 27.0. The zero-order valence-electron chi connectivity index (χ0n) is 33.1. The molecular formula is C43H56N6O6S. The lowest BCUT2D eigenvalue weighted by Crippen LogP contribution is -2.51. The number of hydrogen-bond donors (Lipinski definition) is 1. The van der Waals surface area contributed by atoms with Crippen molar-refractivity contribution in [1.82, 2.24) is 28.3 Å². The Labute approximate surface area is 330 Å². The van der Waals surface area contributed by atoms with Gasteiger partial charge in [0.25, 0.3) is 5.91 Å². The fourth-order valence-corrected chi connectivity index (χ4v) is 11.5. The molecule has 56 heavy (non-hydrogen) atoms. The highest BCUT2D eigenvalue weighted by atomic mass is 32.2. The van der Waals surface area contributed by atoms with Gasteiger partial charge in [0.1, 0.15) is 5.75 Å². The Hall–Kier alpha value is -4.10. The van der Waals surface area contributed by atoms with Crippen LogP contribution in [-0.2, 0) is 28.0 Å². The minimum Gasteiger partial charge on any atom is -0.497 e. The van der Waals surface area contributed by atoms with Crippen molar-refractivity contribution < 1.29 is 27.5 Å². The molecule has 1 N–H and O–H groups in total. The topological polar surface area (TPSA) is 124 Å². The van der Waals surface area contributed by atoms with Gasteiger partial charge in [-0.3, -0.25) is 9.59 Å². The van der Waals surface area contributed by atoms with Crippen molar-refractivity contribution in [1.29, 1.82) is 0 Å². The van der Waals surface area contributed by atoms with Gasteiger partial charge in [-0.25, -0.2) is 9.52 Å². The third-order valence-corrected chi connectivity index (χ3v) is 15.5. The third kappa shape index (κ3) is 6.56.